The Balaban J connectivity index is 1.63. The minimum atomic E-state index is -0.482. The van der Waals surface area contributed by atoms with E-state index in [1.807, 2.05) is 60.8 Å². The second-order valence-electron chi connectivity index (χ2n) is 9.37. The average Bonchev–Trinajstić information content (AvgIpc) is 3.45. The third kappa shape index (κ3) is 3.49. The third-order valence-electron chi connectivity index (χ3n) is 7.00. The maximum atomic E-state index is 15.9. The van der Waals surface area contributed by atoms with Gasteiger partial charge in [-0.05, 0) is 55.7 Å². The summed E-state index contributed by atoms with van der Waals surface area (Å²) in [7, 11) is 0. The molecule has 182 valence electrons. The molecule has 8 heteroatoms. The van der Waals surface area contributed by atoms with Gasteiger partial charge in [-0.25, -0.2) is 18.4 Å². The lowest BCUT2D eigenvalue weighted by atomic mass is 9.96. The molecule has 0 saturated heterocycles. The number of benzene rings is 2. The number of nitrogens with zero attached hydrogens (tertiary/aromatic N) is 4. The van der Waals surface area contributed by atoms with Crippen LogP contribution in [0.4, 0.5) is 14.6 Å². The van der Waals surface area contributed by atoms with E-state index in [4.69, 9.17) is 16.7 Å². The molecular formula is C28H24ClF2N5. The zero-order valence-electron chi connectivity index (χ0n) is 20.2. The number of aromatic amines is 1. The van der Waals surface area contributed by atoms with Crippen LogP contribution in [-0.2, 0) is 13.0 Å². The molecule has 0 unspecified atom stereocenters. The number of fused-ring (bicyclic) bond motifs is 2. The molecule has 0 bridgehead atoms. The molecule has 0 aliphatic carbocycles. The molecule has 0 saturated carbocycles. The number of nitrogens with one attached hydrogen (secondary N) is 1. The lowest BCUT2D eigenvalue weighted by Crippen LogP contribution is -2.31. The molecule has 0 atom stereocenters. The summed E-state index contributed by atoms with van der Waals surface area (Å²) in [4.78, 5) is 9.37. The number of para-hydroxylation sites is 1. The molecule has 0 fully saturated rings. The van der Waals surface area contributed by atoms with Crippen LogP contribution in [0.25, 0.3) is 27.8 Å². The molecule has 1 aliphatic rings. The molecule has 5 nitrogen and oxygen atoms in total. The van der Waals surface area contributed by atoms with Crippen LogP contribution >= 0.6 is 11.6 Å². The van der Waals surface area contributed by atoms with E-state index in [0.717, 1.165) is 44.5 Å². The van der Waals surface area contributed by atoms with Gasteiger partial charge in [-0.2, -0.15) is 5.10 Å². The highest BCUT2D eigenvalue weighted by Gasteiger charge is 2.31. The fourth-order valence-electron chi connectivity index (χ4n) is 5.36. The Kier molecular flexibility index (Phi) is 5.34. The summed E-state index contributed by atoms with van der Waals surface area (Å²) < 4.78 is 32.6. The van der Waals surface area contributed by atoms with E-state index in [2.05, 4.69) is 9.97 Å². The highest BCUT2D eigenvalue weighted by molar-refractivity contribution is 6.30. The van der Waals surface area contributed by atoms with Crippen molar-refractivity contribution in [2.75, 3.05) is 11.4 Å². The Morgan fingerprint density at radius 1 is 1.00 bits per heavy atom. The third-order valence-corrected chi connectivity index (χ3v) is 7.21. The average molecular weight is 504 g/mol. The SMILES string of the molecule is Cc1cccc(C)c1-n1nc2c(c1-c1c(F)cc(C)c3[nH]ccc13)CN(c1ncc(Cl)cc1F)CC2. The molecule has 4 heterocycles. The van der Waals surface area contributed by atoms with Gasteiger partial charge >= 0.3 is 0 Å². The van der Waals surface area contributed by atoms with Gasteiger partial charge < -0.3 is 9.88 Å². The number of aryl methyl sites for hydroxylation is 3. The van der Waals surface area contributed by atoms with Crippen LogP contribution in [0.15, 0.2) is 48.8 Å². The zero-order chi connectivity index (χ0) is 25.1. The summed E-state index contributed by atoms with van der Waals surface area (Å²) in [6.07, 6.45) is 3.85. The summed E-state index contributed by atoms with van der Waals surface area (Å²) in [5.74, 6) is -0.570. The van der Waals surface area contributed by atoms with Crippen molar-refractivity contribution in [3.8, 4) is 16.9 Å². The number of halogens is 3. The number of hydrogen-bond donors (Lipinski definition) is 1. The van der Waals surface area contributed by atoms with Crippen molar-refractivity contribution in [3.63, 3.8) is 0 Å². The summed E-state index contributed by atoms with van der Waals surface area (Å²) in [6.45, 7) is 6.84. The van der Waals surface area contributed by atoms with Gasteiger partial charge in [0.1, 0.15) is 5.82 Å². The molecule has 2 aromatic carbocycles. The van der Waals surface area contributed by atoms with Crippen molar-refractivity contribution in [2.24, 2.45) is 0 Å². The fourth-order valence-corrected chi connectivity index (χ4v) is 5.50. The summed E-state index contributed by atoms with van der Waals surface area (Å²) >= 11 is 5.94. The van der Waals surface area contributed by atoms with Crippen molar-refractivity contribution in [3.05, 3.63) is 93.4 Å². The van der Waals surface area contributed by atoms with Gasteiger partial charge in [0, 0.05) is 53.9 Å². The van der Waals surface area contributed by atoms with Crippen molar-refractivity contribution >= 4 is 28.3 Å². The van der Waals surface area contributed by atoms with E-state index in [1.165, 1.54) is 12.3 Å². The van der Waals surface area contributed by atoms with E-state index in [1.54, 1.807) is 6.07 Å². The lowest BCUT2D eigenvalue weighted by molar-refractivity contribution is 0.600. The fraction of sp³-hybridized carbons (Fsp3) is 0.214. The topological polar surface area (TPSA) is 49.7 Å². The van der Waals surface area contributed by atoms with Gasteiger partial charge in [-0.1, -0.05) is 29.8 Å². The minimum Gasteiger partial charge on any atom is -0.361 e. The summed E-state index contributed by atoms with van der Waals surface area (Å²) in [5, 5.41) is 6.05. The van der Waals surface area contributed by atoms with Crippen LogP contribution in [0.5, 0.6) is 0 Å². The largest absolute Gasteiger partial charge is 0.361 e. The monoisotopic (exact) mass is 503 g/mol. The minimum absolute atomic E-state index is 0.229. The van der Waals surface area contributed by atoms with Gasteiger partial charge in [0.25, 0.3) is 0 Å². The van der Waals surface area contributed by atoms with Gasteiger partial charge in [-0.3, -0.25) is 0 Å². The first-order chi connectivity index (χ1) is 17.3. The van der Waals surface area contributed by atoms with Crippen LogP contribution in [0, 0.1) is 32.4 Å². The van der Waals surface area contributed by atoms with Crippen molar-refractivity contribution in [1.82, 2.24) is 19.7 Å². The first-order valence-corrected chi connectivity index (χ1v) is 12.2. The quantitative estimate of drug-likeness (QED) is 0.293. The summed E-state index contributed by atoms with van der Waals surface area (Å²) in [5.41, 5.74) is 7.63. The highest BCUT2D eigenvalue weighted by Crippen LogP contribution is 2.40. The Labute approximate surface area is 212 Å². The molecule has 1 aliphatic heterocycles. The van der Waals surface area contributed by atoms with Gasteiger partial charge in [0.2, 0.25) is 0 Å². The maximum Gasteiger partial charge on any atom is 0.167 e. The van der Waals surface area contributed by atoms with Crippen LogP contribution < -0.4 is 4.90 Å². The maximum absolute atomic E-state index is 15.9. The predicted octanol–water partition coefficient (Wildman–Crippen LogP) is 6.84. The van der Waals surface area contributed by atoms with Crippen molar-refractivity contribution in [2.45, 2.75) is 33.7 Å². The predicted molar refractivity (Wildman–Crippen MR) is 139 cm³/mol. The van der Waals surface area contributed by atoms with Crippen LogP contribution in [0.2, 0.25) is 5.02 Å². The Bertz CT molecular complexity index is 1630. The molecule has 36 heavy (non-hydrogen) atoms. The number of aromatic nitrogens is 4. The van der Waals surface area contributed by atoms with Crippen molar-refractivity contribution in [1.29, 1.82) is 0 Å². The number of H-pyrrole nitrogens is 1. The number of pyridine rings is 1. The number of hydrogen-bond acceptors (Lipinski definition) is 3. The second-order valence-corrected chi connectivity index (χ2v) is 9.81. The molecule has 6 rings (SSSR count). The molecular weight excluding hydrogens is 480 g/mol. The second kappa shape index (κ2) is 8.45. The Morgan fingerprint density at radius 2 is 1.78 bits per heavy atom. The van der Waals surface area contributed by atoms with Gasteiger partial charge in [0.15, 0.2) is 11.6 Å². The Hall–Kier alpha value is -3.71. The van der Waals surface area contributed by atoms with Gasteiger partial charge in [0.05, 0.1) is 22.1 Å². The molecule has 3 aromatic heterocycles. The van der Waals surface area contributed by atoms with Crippen LogP contribution in [-0.4, -0.2) is 26.3 Å². The van der Waals surface area contributed by atoms with E-state index in [9.17, 15) is 4.39 Å². The number of rotatable bonds is 3. The molecule has 1 N–H and O–H groups in total. The molecule has 5 aromatic rings. The standard InChI is InChI=1S/C28H24ClF2N5/c1-15-5-4-6-16(2)26(15)36-27(24-19-7-9-32-25(19)17(3)11-21(24)30)20-14-35(10-8-23(20)34-36)28-22(31)12-18(29)13-33-28/h4-7,9,11-13,32H,8,10,14H2,1-3H3. The van der Waals surface area contributed by atoms with E-state index in [-0.39, 0.29) is 16.7 Å². The van der Waals surface area contributed by atoms with E-state index < -0.39 is 5.82 Å². The van der Waals surface area contributed by atoms with E-state index >= 15 is 4.39 Å². The highest BCUT2D eigenvalue weighted by atomic mass is 35.5. The molecule has 0 amide bonds. The van der Waals surface area contributed by atoms with Crippen molar-refractivity contribution < 1.29 is 8.78 Å². The molecule has 0 radical (unpaired) electrons. The van der Waals surface area contributed by atoms with Gasteiger partial charge in [-0.15, -0.1) is 0 Å². The van der Waals surface area contributed by atoms with E-state index in [0.29, 0.717) is 30.8 Å². The summed E-state index contributed by atoms with van der Waals surface area (Å²) in [6, 6.07) is 10.8. The van der Waals surface area contributed by atoms with Crippen LogP contribution in [0.3, 0.4) is 0 Å². The normalized spacial score (nSPS) is 13.4. The zero-order valence-corrected chi connectivity index (χ0v) is 20.9. The van der Waals surface area contributed by atoms with Crippen LogP contribution in [0.1, 0.15) is 27.9 Å². The first-order valence-electron chi connectivity index (χ1n) is 11.8. The smallest absolute Gasteiger partial charge is 0.167 e. The lowest BCUT2D eigenvalue weighted by Gasteiger charge is -2.28. The number of anilines is 1. The first kappa shape index (κ1) is 22.7. The molecule has 0 spiro atoms. The Morgan fingerprint density at radius 3 is 2.53 bits per heavy atom.